The summed E-state index contributed by atoms with van der Waals surface area (Å²) in [6.07, 6.45) is 4.54. The lowest BCUT2D eigenvalue weighted by molar-refractivity contribution is -0.121. The zero-order chi connectivity index (χ0) is 19.5. The van der Waals surface area contributed by atoms with E-state index >= 15 is 0 Å². The highest BCUT2D eigenvalue weighted by Crippen LogP contribution is 2.16. The number of benzene rings is 1. The summed E-state index contributed by atoms with van der Waals surface area (Å²) in [4.78, 5) is 36.9. The highest BCUT2D eigenvalue weighted by Gasteiger charge is 2.11. The van der Waals surface area contributed by atoms with Gasteiger partial charge < -0.3 is 4.52 Å². The van der Waals surface area contributed by atoms with Crippen LogP contribution in [0.5, 0.6) is 0 Å². The summed E-state index contributed by atoms with van der Waals surface area (Å²) in [5, 5.41) is 4.22. The fourth-order valence-electron chi connectivity index (χ4n) is 2.45. The Kier molecular flexibility index (Phi) is 4.81. The summed E-state index contributed by atoms with van der Waals surface area (Å²) in [6.45, 7) is -0.230. The topological polar surface area (TPSA) is 128 Å². The van der Waals surface area contributed by atoms with E-state index in [2.05, 4.69) is 46.9 Å². The normalized spacial score (nSPS) is 10.8. The van der Waals surface area contributed by atoms with Crippen LogP contribution in [-0.4, -0.2) is 30.6 Å². The first-order chi connectivity index (χ1) is 13.6. The molecule has 2 N–H and O–H groups in total. The van der Waals surface area contributed by atoms with Gasteiger partial charge in [-0.25, -0.2) is 10.4 Å². The molecule has 0 spiro atoms. The predicted molar refractivity (Wildman–Crippen MR) is 103 cm³/mol. The van der Waals surface area contributed by atoms with Crippen molar-refractivity contribution < 1.29 is 9.32 Å². The van der Waals surface area contributed by atoms with Gasteiger partial charge in [0.15, 0.2) is 0 Å². The third-order valence-corrected chi connectivity index (χ3v) is 4.27. The molecule has 28 heavy (non-hydrogen) atoms. The number of hydrogen-bond donors (Lipinski definition) is 2. The summed E-state index contributed by atoms with van der Waals surface area (Å²) in [6, 6.07) is 8.64. The van der Waals surface area contributed by atoms with E-state index in [4.69, 9.17) is 4.52 Å². The highest BCUT2D eigenvalue weighted by atomic mass is 79.9. The van der Waals surface area contributed by atoms with Crippen LogP contribution < -0.4 is 16.4 Å². The van der Waals surface area contributed by atoms with E-state index in [1.54, 1.807) is 42.7 Å². The number of rotatable bonds is 5. The minimum atomic E-state index is -0.484. The van der Waals surface area contributed by atoms with Crippen LogP contribution in [0, 0.1) is 0 Å². The van der Waals surface area contributed by atoms with Crippen molar-refractivity contribution in [2.75, 3.05) is 5.43 Å². The molecule has 0 saturated carbocycles. The largest absolute Gasteiger partial charge is 0.340 e. The summed E-state index contributed by atoms with van der Waals surface area (Å²) < 4.78 is 6.98. The number of carbonyl (C=O) groups is 1. The average molecular weight is 442 g/mol. The van der Waals surface area contributed by atoms with Gasteiger partial charge in [-0.2, -0.15) is 4.98 Å². The summed E-state index contributed by atoms with van der Waals surface area (Å²) >= 11 is 3.32. The molecule has 0 aliphatic carbocycles. The standard InChI is InChI=1S/C17H12BrN7O3/c18-11-1-2-13-12(7-11)16(27)25(9-20-13)8-14(26)22-23-17-21-15(24-28-17)10-3-5-19-6-4-10/h1-7,9H,8H2,(H,22,26)(H,21,23,24). The highest BCUT2D eigenvalue weighted by molar-refractivity contribution is 9.10. The lowest BCUT2D eigenvalue weighted by Crippen LogP contribution is -2.35. The van der Waals surface area contributed by atoms with Crippen LogP contribution in [0.1, 0.15) is 0 Å². The molecule has 0 radical (unpaired) electrons. The third kappa shape index (κ3) is 3.74. The van der Waals surface area contributed by atoms with E-state index in [9.17, 15) is 9.59 Å². The molecule has 0 bridgehead atoms. The van der Waals surface area contributed by atoms with Crippen molar-refractivity contribution in [3.8, 4) is 11.4 Å². The number of halogens is 1. The van der Waals surface area contributed by atoms with Gasteiger partial charge >= 0.3 is 6.01 Å². The molecule has 3 heterocycles. The molecule has 0 aliphatic rings. The van der Waals surface area contributed by atoms with Gasteiger partial charge in [-0.05, 0) is 30.3 Å². The van der Waals surface area contributed by atoms with Gasteiger partial charge in [-0.3, -0.25) is 24.6 Å². The number of nitrogens with zero attached hydrogens (tertiary/aromatic N) is 5. The van der Waals surface area contributed by atoms with Gasteiger partial charge in [0.05, 0.1) is 17.2 Å². The van der Waals surface area contributed by atoms with E-state index in [0.717, 1.165) is 10.0 Å². The number of hydrogen-bond acceptors (Lipinski definition) is 8. The number of anilines is 1. The molecule has 4 aromatic rings. The van der Waals surface area contributed by atoms with Crippen molar-refractivity contribution >= 4 is 38.8 Å². The van der Waals surface area contributed by atoms with E-state index in [0.29, 0.717) is 16.7 Å². The zero-order valence-corrected chi connectivity index (χ0v) is 15.8. The maximum absolute atomic E-state index is 12.5. The van der Waals surface area contributed by atoms with Gasteiger partial charge in [0.2, 0.25) is 5.82 Å². The molecule has 0 fully saturated rings. The molecule has 10 nitrogen and oxygen atoms in total. The zero-order valence-electron chi connectivity index (χ0n) is 14.2. The van der Waals surface area contributed by atoms with Gasteiger partial charge in [0.1, 0.15) is 6.54 Å². The molecule has 0 atom stereocenters. The Balaban J connectivity index is 1.43. The van der Waals surface area contributed by atoms with Crippen LogP contribution in [0.15, 0.2) is 62.8 Å². The second-order valence-corrected chi connectivity index (χ2v) is 6.59. The van der Waals surface area contributed by atoms with Crippen LogP contribution >= 0.6 is 15.9 Å². The summed E-state index contributed by atoms with van der Waals surface area (Å²) in [5.41, 5.74) is 5.88. The number of carbonyl (C=O) groups excluding carboxylic acids is 1. The predicted octanol–water partition coefficient (Wildman–Crippen LogP) is 1.75. The average Bonchev–Trinajstić information content (AvgIpc) is 3.19. The van der Waals surface area contributed by atoms with Gasteiger partial charge in [-0.15, -0.1) is 0 Å². The molecule has 1 amide bonds. The van der Waals surface area contributed by atoms with Crippen molar-refractivity contribution in [3.63, 3.8) is 0 Å². The molecule has 1 aromatic carbocycles. The molecule has 0 aliphatic heterocycles. The molecule has 0 unspecified atom stereocenters. The monoisotopic (exact) mass is 441 g/mol. The van der Waals surface area contributed by atoms with Crippen molar-refractivity contribution in [3.05, 3.63) is 63.9 Å². The number of fused-ring (bicyclic) bond motifs is 1. The Morgan fingerprint density at radius 3 is 2.86 bits per heavy atom. The van der Waals surface area contributed by atoms with Crippen LogP contribution in [0.4, 0.5) is 6.01 Å². The lowest BCUT2D eigenvalue weighted by atomic mass is 10.2. The smallest absolute Gasteiger partial charge is 0.313 e. The molecular formula is C17H12BrN7O3. The van der Waals surface area contributed by atoms with E-state index in [1.165, 1.54) is 10.9 Å². The van der Waals surface area contributed by atoms with Crippen LogP contribution in [0.3, 0.4) is 0 Å². The van der Waals surface area contributed by atoms with Crippen LogP contribution in [0.25, 0.3) is 22.3 Å². The fourth-order valence-corrected chi connectivity index (χ4v) is 2.81. The number of nitrogens with one attached hydrogen (secondary N) is 2. The van der Waals surface area contributed by atoms with E-state index in [-0.39, 0.29) is 18.1 Å². The Morgan fingerprint density at radius 1 is 1.21 bits per heavy atom. The van der Waals surface area contributed by atoms with E-state index in [1.807, 2.05) is 0 Å². The first-order valence-electron chi connectivity index (χ1n) is 8.04. The van der Waals surface area contributed by atoms with Crippen molar-refractivity contribution in [2.45, 2.75) is 6.54 Å². The number of hydrazine groups is 1. The molecule has 4 rings (SSSR count). The Hall–Kier alpha value is -3.60. The SMILES string of the molecule is O=C(Cn1cnc2ccc(Br)cc2c1=O)NNc1nc(-c2ccncc2)no1. The Bertz CT molecular complexity index is 1210. The number of amides is 1. The molecule has 0 saturated heterocycles. The first-order valence-corrected chi connectivity index (χ1v) is 8.83. The molecule has 11 heteroatoms. The minimum absolute atomic E-state index is 0.00748. The van der Waals surface area contributed by atoms with Gasteiger partial charge in [-0.1, -0.05) is 21.1 Å². The second-order valence-electron chi connectivity index (χ2n) is 5.67. The van der Waals surface area contributed by atoms with Gasteiger partial charge in [0.25, 0.3) is 11.5 Å². The summed E-state index contributed by atoms with van der Waals surface area (Å²) in [7, 11) is 0. The Morgan fingerprint density at radius 2 is 2.04 bits per heavy atom. The third-order valence-electron chi connectivity index (χ3n) is 3.77. The van der Waals surface area contributed by atoms with Gasteiger partial charge in [0, 0.05) is 22.4 Å². The fraction of sp³-hybridized carbons (Fsp3) is 0.0588. The second kappa shape index (κ2) is 7.56. The maximum atomic E-state index is 12.5. The van der Waals surface area contributed by atoms with Crippen molar-refractivity contribution in [2.24, 2.45) is 0 Å². The van der Waals surface area contributed by atoms with E-state index < -0.39 is 5.91 Å². The van der Waals surface area contributed by atoms with Crippen LogP contribution in [-0.2, 0) is 11.3 Å². The summed E-state index contributed by atoms with van der Waals surface area (Å²) in [5.74, 6) is -0.137. The van der Waals surface area contributed by atoms with Crippen molar-refractivity contribution in [1.29, 1.82) is 0 Å². The quantitative estimate of drug-likeness (QED) is 0.448. The molecule has 140 valence electrons. The van der Waals surface area contributed by atoms with Crippen LogP contribution in [0.2, 0.25) is 0 Å². The minimum Gasteiger partial charge on any atom is -0.313 e. The first kappa shape index (κ1) is 17.8. The number of aromatic nitrogens is 5. The number of pyridine rings is 1. The molecule has 3 aromatic heterocycles. The van der Waals surface area contributed by atoms with Crippen molar-refractivity contribution in [1.82, 2.24) is 30.1 Å². The maximum Gasteiger partial charge on any atom is 0.340 e. The lowest BCUT2D eigenvalue weighted by Gasteiger charge is -2.07. The molecular weight excluding hydrogens is 430 g/mol. The Labute approximate surface area is 165 Å².